The number of nitrogens with one attached hydrogen (secondary N) is 1. The molecular weight excluding hydrogens is 428 g/mol. The van der Waals surface area contributed by atoms with Gasteiger partial charge < -0.3 is 5.32 Å². The lowest BCUT2D eigenvalue weighted by atomic mass is 10.2. The molecule has 0 bridgehead atoms. The first kappa shape index (κ1) is 20.1. The molecule has 4 rings (SSSR count). The predicted octanol–water partition coefficient (Wildman–Crippen LogP) is 3.99. The van der Waals surface area contributed by atoms with Crippen LogP contribution in [0.15, 0.2) is 40.4 Å². The molecule has 0 saturated carbocycles. The van der Waals surface area contributed by atoms with Crippen molar-refractivity contribution >= 4 is 40.6 Å². The highest BCUT2D eigenvalue weighted by molar-refractivity contribution is 7.99. The second kappa shape index (κ2) is 8.30. The van der Waals surface area contributed by atoms with Crippen molar-refractivity contribution < 1.29 is 4.79 Å². The van der Waals surface area contributed by atoms with Gasteiger partial charge in [-0.05, 0) is 19.9 Å². The van der Waals surface area contributed by atoms with Crippen LogP contribution in [0, 0.1) is 13.8 Å². The Labute approximate surface area is 181 Å². The van der Waals surface area contributed by atoms with Crippen molar-refractivity contribution in [2.24, 2.45) is 0 Å². The van der Waals surface area contributed by atoms with Crippen molar-refractivity contribution in [3.05, 3.63) is 62.0 Å². The van der Waals surface area contributed by atoms with Crippen LogP contribution in [0.2, 0.25) is 5.02 Å². The van der Waals surface area contributed by atoms with Gasteiger partial charge in [-0.15, -0.1) is 11.3 Å². The van der Waals surface area contributed by atoms with Crippen LogP contribution in [0.4, 0.5) is 0 Å². The summed E-state index contributed by atoms with van der Waals surface area (Å²) in [4.78, 5) is 34.8. The van der Waals surface area contributed by atoms with Crippen LogP contribution in [0.5, 0.6) is 0 Å². The average molecular weight is 447 g/mol. The zero-order chi connectivity index (χ0) is 20.5. The topological polar surface area (TPSA) is 76.9 Å². The van der Waals surface area contributed by atoms with E-state index in [0.717, 1.165) is 21.1 Å². The third-order valence-electron chi connectivity index (χ3n) is 4.76. The molecule has 1 aromatic carbocycles. The zero-order valence-corrected chi connectivity index (χ0v) is 18.3. The maximum Gasteiger partial charge on any atom is 0.257 e. The van der Waals surface area contributed by atoms with Crippen molar-refractivity contribution in [1.29, 1.82) is 0 Å². The molecule has 2 aromatic heterocycles. The SMILES string of the molecule is Cc1nc(-c2ccccc2Cl)sc1CNC(=O)C[C@H]1CSc2ncc(C)c(=O)n21. The summed E-state index contributed by atoms with van der Waals surface area (Å²) in [6, 6.07) is 7.41. The van der Waals surface area contributed by atoms with Gasteiger partial charge in [-0.2, -0.15) is 0 Å². The summed E-state index contributed by atoms with van der Waals surface area (Å²) >= 11 is 9.31. The van der Waals surface area contributed by atoms with E-state index in [1.165, 1.54) is 23.1 Å². The van der Waals surface area contributed by atoms with Crippen molar-refractivity contribution in [1.82, 2.24) is 19.9 Å². The van der Waals surface area contributed by atoms with Crippen LogP contribution in [0.3, 0.4) is 0 Å². The molecule has 3 heterocycles. The molecule has 29 heavy (non-hydrogen) atoms. The van der Waals surface area contributed by atoms with Gasteiger partial charge in [-0.3, -0.25) is 14.2 Å². The number of benzene rings is 1. The second-order valence-corrected chi connectivity index (χ2v) is 9.33. The highest BCUT2D eigenvalue weighted by Crippen LogP contribution is 2.33. The molecule has 1 atom stereocenters. The smallest absolute Gasteiger partial charge is 0.257 e. The number of aryl methyl sites for hydroxylation is 2. The molecule has 1 aliphatic heterocycles. The number of carbonyl (C=O) groups is 1. The molecule has 0 fully saturated rings. The fraction of sp³-hybridized carbons (Fsp3) is 0.300. The van der Waals surface area contributed by atoms with Gasteiger partial charge in [0.2, 0.25) is 5.91 Å². The summed E-state index contributed by atoms with van der Waals surface area (Å²) in [6.07, 6.45) is 1.84. The average Bonchev–Trinajstić information content (AvgIpc) is 3.27. The molecule has 1 aliphatic rings. The van der Waals surface area contributed by atoms with Crippen molar-refractivity contribution in [3.8, 4) is 10.6 Å². The van der Waals surface area contributed by atoms with Gasteiger partial charge >= 0.3 is 0 Å². The van der Waals surface area contributed by atoms with Gasteiger partial charge in [0.15, 0.2) is 5.16 Å². The summed E-state index contributed by atoms with van der Waals surface area (Å²) in [6.45, 7) is 4.07. The first-order valence-corrected chi connectivity index (χ1v) is 11.3. The fourth-order valence-electron chi connectivity index (χ4n) is 3.18. The minimum Gasteiger partial charge on any atom is -0.351 e. The van der Waals surface area contributed by atoms with Crippen LogP contribution < -0.4 is 10.9 Å². The van der Waals surface area contributed by atoms with Crippen LogP contribution in [-0.2, 0) is 11.3 Å². The molecule has 0 spiro atoms. The summed E-state index contributed by atoms with van der Waals surface area (Å²) in [5.74, 6) is 0.582. The number of thioether (sulfide) groups is 1. The molecule has 150 valence electrons. The Morgan fingerprint density at radius 3 is 2.93 bits per heavy atom. The number of amides is 1. The summed E-state index contributed by atoms with van der Waals surface area (Å²) in [5.41, 5.74) is 2.29. The number of aromatic nitrogens is 3. The molecule has 0 aliphatic carbocycles. The number of hydrogen-bond acceptors (Lipinski definition) is 6. The molecule has 3 aromatic rings. The van der Waals surface area contributed by atoms with E-state index >= 15 is 0 Å². The third kappa shape index (κ3) is 4.10. The van der Waals surface area contributed by atoms with E-state index in [9.17, 15) is 9.59 Å². The number of fused-ring (bicyclic) bond motifs is 1. The van der Waals surface area contributed by atoms with E-state index in [1.807, 2.05) is 31.2 Å². The van der Waals surface area contributed by atoms with Crippen LogP contribution in [0.1, 0.15) is 28.6 Å². The van der Waals surface area contributed by atoms with Crippen molar-refractivity contribution in [2.45, 2.75) is 38.0 Å². The monoisotopic (exact) mass is 446 g/mol. The predicted molar refractivity (Wildman–Crippen MR) is 117 cm³/mol. The van der Waals surface area contributed by atoms with Crippen molar-refractivity contribution in [2.75, 3.05) is 5.75 Å². The highest BCUT2D eigenvalue weighted by atomic mass is 35.5. The molecule has 0 unspecified atom stereocenters. The van der Waals surface area contributed by atoms with E-state index in [4.69, 9.17) is 11.6 Å². The van der Waals surface area contributed by atoms with Crippen LogP contribution in [-0.4, -0.2) is 26.2 Å². The van der Waals surface area contributed by atoms with E-state index in [0.29, 0.717) is 28.0 Å². The lowest BCUT2D eigenvalue weighted by Gasteiger charge is -2.13. The number of rotatable bonds is 5. The molecule has 1 amide bonds. The van der Waals surface area contributed by atoms with Crippen LogP contribution >= 0.6 is 34.7 Å². The molecule has 6 nitrogen and oxygen atoms in total. The van der Waals surface area contributed by atoms with Crippen LogP contribution in [0.25, 0.3) is 10.6 Å². The number of thiazole rings is 1. The Morgan fingerprint density at radius 1 is 1.34 bits per heavy atom. The minimum atomic E-state index is -0.170. The first-order chi connectivity index (χ1) is 13.9. The normalized spacial score (nSPS) is 15.3. The summed E-state index contributed by atoms with van der Waals surface area (Å²) in [5, 5.41) is 5.14. The zero-order valence-electron chi connectivity index (χ0n) is 15.9. The lowest BCUT2D eigenvalue weighted by molar-refractivity contribution is -0.121. The largest absolute Gasteiger partial charge is 0.351 e. The van der Waals surface area contributed by atoms with Gasteiger partial charge in [-0.25, -0.2) is 9.97 Å². The third-order valence-corrected chi connectivity index (χ3v) is 7.40. The molecule has 9 heteroatoms. The number of carbonyl (C=O) groups excluding carboxylic acids is 1. The minimum absolute atomic E-state index is 0.0690. The first-order valence-electron chi connectivity index (χ1n) is 9.13. The Hall–Kier alpha value is -2.16. The molecule has 0 saturated heterocycles. The van der Waals surface area contributed by atoms with Gasteiger partial charge in [0.05, 0.1) is 23.3 Å². The molecule has 0 radical (unpaired) electrons. The Bertz CT molecular complexity index is 1140. The standard InChI is InChI=1S/C20H19ClN4O2S2/c1-11-8-23-20-25(19(11)27)13(10-28-20)7-17(26)22-9-16-12(2)24-18(29-16)14-5-3-4-6-15(14)21/h3-6,8,13H,7,9-10H2,1-2H3,(H,22,26)/t13-/m0/s1. The highest BCUT2D eigenvalue weighted by Gasteiger charge is 2.27. The van der Waals surface area contributed by atoms with Crippen molar-refractivity contribution in [3.63, 3.8) is 0 Å². The maximum absolute atomic E-state index is 12.5. The van der Waals surface area contributed by atoms with E-state index in [2.05, 4.69) is 15.3 Å². The number of halogens is 1. The van der Waals surface area contributed by atoms with Gasteiger partial charge in [0.25, 0.3) is 5.56 Å². The quantitative estimate of drug-likeness (QED) is 0.599. The number of hydrogen-bond donors (Lipinski definition) is 1. The summed E-state index contributed by atoms with van der Waals surface area (Å²) < 4.78 is 1.65. The van der Waals surface area contributed by atoms with Gasteiger partial charge in [0.1, 0.15) is 5.01 Å². The van der Waals surface area contributed by atoms with E-state index < -0.39 is 0 Å². The maximum atomic E-state index is 12.5. The molecule has 1 N–H and O–H groups in total. The lowest BCUT2D eigenvalue weighted by Crippen LogP contribution is -2.31. The second-order valence-electron chi connectivity index (χ2n) is 6.85. The Kier molecular flexibility index (Phi) is 5.76. The Balaban J connectivity index is 1.43. The Morgan fingerprint density at radius 2 is 2.14 bits per heavy atom. The summed E-state index contributed by atoms with van der Waals surface area (Å²) in [7, 11) is 0. The molecular formula is C20H19ClN4O2S2. The van der Waals surface area contributed by atoms with E-state index in [1.54, 1.807) is 17.7 Å². The fourth-order valence-corrected chi connectivity index (χ4v) is 5.61. The van der Waals surface area contributed by atoms with Gasteiger partial charge in [0, 0.05) is 34.4 Å². The van der Waals surface area contributed by atoms with Gasteiger partial charge in [-0.1, -0.05) is 41.6 Å². The van der Waals surface area contributed by atoms with E-state index in [-0.39, 0.29) is 23.9 Å². The number of nitrogens with zero attached hydrogens (tertiary/aromatic N) is 3.